The number of aromatic amines is 1. The molecule has 3 nitrogen and oxygen atoms in total. The quantitative estimate of drug-likeness (QED) is 0.723. The third kappa shape index (κ3) is 2.11. The lowest BCUT2D eigenvalue weighted by Crippen LogP contribution is -1.89. The van der Waals surface area contributed by atoms with E-state index in [1.165, 1.54) is 10.4 Å². The van der Waals surface area contributed by atoms with Gasteiger partial charge >= 0.3 is 0 Å². The molecule has 0 spiro atoms. The first-order chi connectivity index (χ1) is 9.58. The maximum atomic E-state index is 6.29. The molecule has 0 saturated carbocycles. The second kappa shape index (κ2) is 4.96. The number of halogens is 1. The fraction of sp³-hybridized carbons (Fsp3) is 0.133. The summed E-state index contributed by atoms with van der Waals surface area (Å²) in [4.78, 5) is 2.41. The number of thiophene rings is 1. The number of H-pyrrole nitrogens is 1. The molecule has 0 atom stereocenters. The molecular formula is C15H14ClN3S. The first kappa shape index (κ1) is 13.2. The summed E-state index contributed by atoms with van der Waals surface area (Å²) in [7, 11) is 0. The number of nitrogens with one attached hydrogen (secondary N) is 1. The van der Waals surface area contributed by atoms with Crippen molar-refractivity contribution in [1.29, 1.82) is 0 Å². The van der Waals surface area contributed by atoms with Crippen LogP contribution in [0.3, 0.4) is 0 Å². The van der Waals surface area contributed by atoms with E-state index in [1.54, 1.807) is 11.3 Å². The summed E-state index contributed by atoms with van der Waals surface area (Å²) in [5.74, 6) is 0.469. The van der Waals surface area contributed by atoms with Crippen LogP contribution in [0.15, 0.2) is 30.3 Å². The number of anilines is 1. The van der Waals surface area contributed by atoms with Crippen molar-refractivity contribution in [2.45, 2.75) is 13.8 Å². The van der Waals surface area contributed by atoms with E-state index in [1.807, 2.05) is 24.3 Å². The first-order valence-electron chi connectivity index (χ1n) is 6.24. The lowest BCUT2D eigenvalue weighted by molar-refractivity contribution is 1.11. The van der Waals surface area contributed by atoms with E-state index in [0.29, 0.717) is 10.8 Å². The average molecular weight is 304 g/mol. The molecule has 0 bridgehead atoms. The van der Waals surface area contributed by atoms with Gasteiger partial charge in [0.2, 0.25) is 0 Å². The van der Waals surface area contributed by atoms with Gasteiger partial charge in [-0.15, -0.1) is 11.3 Å². The molecule has 0 aliphatic heterocycles. The first-order valence-corrected chi connectivity index (χ1v) is 7.43. The van der Waals surface area contributed by atoms with Crippen molar-refractivity contribution in [3.05, 3.63) is 45.8 Å². The van der Waals surface area contributed by atoms with Crippen LogP contribution in [0.25, 0.3) is 21.7 Å². The highest BCUT2D eigenvalue weighted by Gasteiger charge is 2.18. The highest BCUT2D eigenvalue weighted by molar-refractivity contribution is 7.15. The van der Waals surface area contributed by atoms with Crippen molar-refractivity contribution in [2.24, 2.45) is 0 Å². The molecule has 3 N–H and O–H groups in total. The van der Waals surface area contributed by atoms with Gasteiger partial charge in [-0.3, -0.25) is 5.10 Å². The number of aromatic nitrogens is 2. The summed E-state index contributed by atoms with van der Waals surface area (Å²) in [5, 5.41) is 7.86. The fourth-order valence-electron chi connectivity index (χ4n) is 2.17. The van der Waals surface area contributed by atoms with Gasteiger partial charge in [0.15, 0.2) is 5.82 Å². The maximum Gasteiger partial charge on any atom is 0.153 e. The van der Waals surface area contributed by atoms with Crippen molar-refractivity contribution in [2.75, 3.05) is 5.73 Å². The molecule has 0 aliphatic carbocycles. The van der Waals surface area contributed by atoms with E-state index >= 15 is 0 Å². The molecule has 102 valence electrons. The SMILES string of the molecule is Cc1cc(-c2[nH]nc(N)c2-c2ccccc2Cl)sc1C. The summed E-state index contributed by atoms with van der Waals surface area (Å²) in [6.45, 7) is 4.21. The molecule has 0 fully saturated rings. The van der Waals surface area contributed by atoms with Crippen LogP contribution in [0.4, 0.5) is 5.82 Å². The van der Waals surface area contributed by atoms with Crippen molar-refractivity contribution in [1.82, 2.24) is 10.2 Å². The predicted octanol–water partition coefficient (Wildman–Crippen LogP) is 4.66. The van der Waals surface area contributed by atoms with Crippen LogP contribution in [-0.4, -0.2) is 10.2 Å². The number of rotatable bonds is 2. The molecule has 0 aliphatic rings. The van der Waals surface area contributed by atoms with Gasteiger partial charge in [0.05, 0.1) is 16.1 Å². The van der Waals surface area contributed by atoms with Crippen molar-refractivity contribution >= 4 is 28.8 Å². The Morgan fingerprint density at radius 3 is 2.65 bits per heavy atom. The molecule has 2 aromatic heterocycles. The van der Waals surface area contributed by atoms with E-state index in [0.717, 1.165) is 21.7 Å². The maximum absolute atomic E-state index is 6.29. The van der Waals surface area contributed by atoms with E-state index in [4.69, 9.17) is 17.3 Å². The Hall–Kier alpha value is -1.78. The van der Waals surface area contributed by atoms with Crippen LogP contribution in [-0.2, 0) is 0 Å². The molecule has 3 rings (SSSR count). The van der Waals surface area contributed by atoms with Crippen LogP contribution >= 0.6 is 22.9 Å². The van der Waals surface area contributed by atoms with E-state index in [9.17, 15) is 0 Å². The lowest BCUT2D eigenvalue weighted by atomic mass is 10.0. The molecule has 2 heterocycles. The van der Waals surface area contributed by atoms with Gasteiger partial charge in [-0.1, -0.05) is 29.8 Å². The van der Waals surface area contributed by atoms with Crippen LogP contribution in [0.2, 0.25) is 5.02 Å². The van der Waals surface area contributed by atoms with E-state index < -0.39 is 0 Å². The molecule has 0 saturated heterocycles. The summed E-state index contributed by atoms with van der Waals surface area (Å²) >= 11 is 8.02. The van der Waals surface area contributed by atoms with Crippen LogP contribution < -0.4 is 5.73 Å². The van der Waals surface area contributed by atoms with Gasteiger partial charge in [-0.2, -0.15) is 5.10 Å². The van der Waals surface area contributed by atoms with Gasteiger partial charge < -0.3 is 5.73 Å². The fourth-order valence-corrected chi connectivity index (χ4v) is 3.43. The smallest absolute Gasteiger partial charge is 0.153 e. The van der Waals surface area contributed by atoms with Gasteiger partial charge in [-0.05, 0) is 31.5 Å². The zero-order chi connectivity index (χ0) is 14.3. The van der Waals surface area contributed by atoms with E-state index in [-0.39, 0.29) is 0 Å². The Kier molecular flexibility index (Phi) is 3.28. The highest BCUT2D eigenvalue weighted by Crippen LogP contribution is 2.41. The Morgan fingerprint density at radius 2 is 2.00 bits per heavy atom. The number of benzene rings is 1. The molecule has 3 aromatic rings. The van der Waals surface area contributed by atoms with Gasteiger partial charge in [-0.25, -0.2) is 0 Å². The highest BCUT2D eigenvalue weighted by atomic mass is 35.5. The summed E-state index contributed by atoms with van der Waals surface area (Å²) in [6.07, 6.45) is 0. The zero-order valence-corrected chi connectivity index (χ0v) is 12.8. The molecule has 0 amide bonds. The predicted molar refractivity (Wildman–Crippen MR) is 86.2 cm³/mol. The number of hydrogen-bond donors (Lipinski definition) is 2. The molecule has 0 unspecified atom stereocenters. The standard InChI is InChI=1S/C15H14ClN3S/c1-8-7-12(20-9(8)2)14-13(15(17)19-18-14)10-5-3-4-6-11(10)16/h3-7H,1-2H3,(H3,17,18,19). The molecular weight excluding hydrogens is 290 g/mol. The Bertz CT molecular complexity index is 754. The normalized spacial score (nSPS) is 10.9. The lowest BCUT2D eigenvalue weighted by Gasteiger charge is -2.05. The van der Waals surface area contributed by atoms with Crippen molar-refractivity contribution < 1.29 is 0 Å². The number of aryl methyl sites for hydroxylation is 2. The van der Waals surface area contributed by atoms with Crippen LogP contribution in [0, 0.1) is 13.8 Å². The average Bonchev–Trinajstić information content (AvgIpc) is 2.94. The third-order valence-corrected chi connectivity index (χ3v) is 4.85. The summed E-state index contributed by atoms with van der Waals surface area (Å²) in [6, 6.07) is 9.81. The van der Waals surface area contributed by atoms with E-state index in [2.05, 4.69) is 30.1 Å². The number of nitrogens with zero attached hydrogens (tertiary/aromatic N) is 1. The second-order valence-corrected chi connectivity index (χ2v) is 6.35. The Labute approximate surface area is 126 Å². The molecule has 0 radical (unpaired) electrons. The third-order valence-electron chi connectivity index (χ3n) is 3.35. The van der Waals surface area contributed by atoms with Crippen LogP contribution in [0.5, 0.6) is 0 Å². The van der Waals surface area contributed by atoms with Gasteiger partial charge in [0.25, 0.3) is 0 Å². The zero-order valence-electron chi connectivity index (χ0n) is 11.2. The minimum atomic E-state index is 0.469. The van der Waals surface area contributed by atoms with Gasteiger partial charge in [0, 0.05) is 15.5 Å². The summed E-state index contributed by atoms with van der Waals surface area (Å²) < 4.78 is 0. The van der Waals surface area contributed by atoms with Crippen molar-refractivity contribution in [3.8, 4) is 21.7 Å². The molecule has 1 aromatic carbocycles. The minimum absolute atomic E-state index is 0.469. The number of hydrogen-bond acceptors (Lipinski definition) is 3. The largest absolute Gasteiger partial charge is 0.382 e. The number of nitrogen functional groups attached to an aromatic ring is 1. The molecule has 20 heavy (non-hydrogen) atoms. The Morgan fingerprint density at radius 1 is 1.25 bits per heavy atom. The number of nitrogens with two attached hydrogens (primary N) is 1. The van der Waals surface area contributed by atoms with Crippen molar-refractivity contribution in [3.63, 3.8) is 0 Å². The minimum Gasteiger partial charge on any atom is -0.382 e. The van der Waals surface area contributed by atoms with Crippen LogP contribution in [0.1, 0.15) is 10.4 Å². The molecule has 5 heteroatoms. The summed E-state index contributed by atoms with van der Waals surface area (Å²) in [5.41, 5.74) is 10.00. The monoisotopic (exact) mass is 303 g/mol. The van der Waals surface area contributed by atoms with Gasteiger partial charge in [0.1, 0.15) is 0 Å². The second-order valence-electron chi connectivity index (χ2n) is 4.69. The topological polar surface area (TPSA) is 54.7 Å². The Balaban J connectivity index is 2.23.